The molecule has 1 fully saturated rings. The lowest BCUT2D eigenvalue weighted by Gasteiger charge is -2.38. The zero-order valence-corrected chi connectivity index (χ0v) is 19.4. The van der Waals surface area contributed by atoms with Crippen molar-refractivity contribution in [2.45, 2.75) is 36.9 Å². The molecule has 1 aromatic heterocycles. The third kappa shape index (κ3) is 3.88. The quantitative estimate of drug-likeness (QED) is 0.385. The highest BCUT2D eigenvalue weighted by Gasteiger charge is 2.42. The predicted octanol–water partition coefficient (Wildman–Crippen LogP) is 5.98. The maximum Gasteiger partial charge on any atom is 0.161 e. The van der Waals surface area contributed by atoms with Crippen LogP contribution in [0.2, 0.25) is 0 Å². The molecule has 0 bridgehead atoms. The van der Waals surface area contributed by atoms with Crippen LogP contribution in [-0.2, 0) is 16.9 Å². The molecule has 0 saturated carbocycles. The SMILES string of the molecule is Cc1ccc(-c2nnc(-c3ccccc3)[nH]2)cc1SN1CCC2(CC1)OCc1ccccc12. The highest BCUT2D eigenvalue weighted by molar-refractivity contribution is 7.97. The van der Waals surface area contributed by atoms with Crippen molar-refractivity contribution in [3.8, 4) is 22.8 Å². The Labute approximate surface area is 198 Å². The molecular formula is C27H26N4OS. The van der Waals surface area contributed by atoms with Crippen molar-refractivity contribution in [2.75, 3.05) is 13.1 Å². The van der Waals surface area contributed by atoms with E-state index < -0.39 is 0 Å². The average Bonchev–Trinajstić information content (AvgIpc) is 3.49. The molecule has 1 saturated heterocycles. The van der Waals surface area contributed by atoms with Gasteiger partial charge >= 0.3 is 0 Å². The number of H-pyrrole nitrogens is 1. The lowest BCUT2D eigenvalue weighted by Crippen LogP contribution is -2.39. The van der Waals surface area contributed by atoms with Crippen LogP contribution >= 0.6 is 11.9 Å². The standard InChI is InChI=1S/C27H26N4OS/c1-19-11-12-21(26-28-25(29-30-26)20-7-3-2-4-8-20)17-24(19)33-31-15-13-27(14-16-31)23-10-6-5-9-22(23)18-32-27/h2-12,17H,13-16,18H2,1H3,(H,28,29,30). The largest absolute Gasteiger partial charge is 0.365 e. The number of nitrogens with one attached hydrogen (secondary N) is 1. The van der Waals surface area contributed by atoms with Gasteiger partial charge in [-0.25, -0.2) is 4.31 Å². The summed E-state index contributed by atoms with van der Waals surface area (Å²) in [5.74, 6) is 1.59. The molecule has 2 aliphatic rings. The molecule has 1 N–H and O–H groups in total. The van der Waals surface area contributed by atoms with Gasteiger partial charge in [0.25, 0.3) is 0 Å². The van der Waals surface area contributed by atoms with Gasteiger partial charge in [0.2, 0.25) is 0 Å². The Balaban J connectivity index is 1.18. The molecule has 0 unspecified atom stereocenters. The number of piperidine rings is 1. The second-order valence-corrected chi connectivity index (χ2v) is 9.97. The summed E-state index contributed by atoms with van der Waals surface area (Å²) in [6, 6.07) is 25.3. The van der Waals surface area contributed by atoms with E-state index in [4.69, 9.17) is 4.74 Å². The summed E-state index contributed by atoms with van der Waals surface area (Å²) in [7, 11) is 0. The number of hydrogen-bond acceptors (Lipinski definition) is 5. The predicted molar refractivity (Wildman–Crippen MR) is 132 cm³/mol. The summed E-state index contributed by atoms with van der Waals surface area (Å²) < 4.78 is 8.80. The Morgan fingerprint density at radius 3 is 2.42 bits per heavy atom. The minimum atomic E-state index is -0.0990. The van der Waals surface area contributed by atoms with E-state index in [9.17, 15) is 0 Å². The number of ether oxygens (including phenoxy) is 1. The van der Waals surface area contributed by atoms with Crippen LogP contribution in [0.4, 0.5) is 0 Å². The average molecular weight is 455 g/mol. The number of nitrogens with zero attached hydrogens (tertiary/aromatic N) is 3. The Morgan fingerprint density at radius 2 is 1.61 bits per heavy atom. The molecular weight excluding hydrogens is 428 g/mol. The van der Waals surface area contributed by atoms with Crippen LogP contribution in [0.15, 0.2) is 77.7 Å². The van der Waals surface area contributed by atoms with Crippen molar-refractivity contribution in [1.82, 2.24) is 19.5 Å². The van der Waals surface area contributed by atoms with Crippen LogP contribution in [0.5, 0.6) is 0 Å². The minimum Gasteiger partial charge on any atom is -0.365 e. The molecule has 1 spiro atoms. The number of benzene rings is 3. The van der Waals surface area contributed by atoms with E-state index in [0.717, 1.165) is 55.3 Å². The molecule has 166 valence electrons. The Hall–Kier alpha value is -2.93. The van der Waals surface area contributed by atoms with Crippen molar-refractivity contribution in [2.24, 2.45) is 0 Å². The van der Waals surface area contributed by atoms with Crippen LogP contribution in [0, 0.1) is 6.92 Å². The van der Waals surface area contributed by atoms with Crippen LogP contribution in [-0.4, -0.2) is 32.6 Å². The van der Waals surface area contributed by atoms with Crippen LogP contribution < -0.4 is 0 Å². The van der Waals surface area contributed by atoms with E-state index in [0.29, 0.717) is 0 Å². The molecule has 4 aromatic rings. The fraction of sp³-hybridized carbons (Fsp3) is 0.259. The zero-order chi connectivity index (χ0) is 22.3. The lowest BCUT2D eigenvalue weighted by atomic mass is 9.84. The molecule has 2 aliphatic heterocycles. The molecule has 5 nitrogen and oxygen atoms in total. The molecule has 6 heteroatoms. The number of fused-ring (bicyclic) bond motifs is 2. The summed E-state index contributed by atoms with van der Waals surface area (Å²) in [5.41, 5.74) is 6.01. The molecule has 0 atom stereocenters. The van der Waals surface area contributed by atoms with Crippen LogP contribution in [0.1, 0.15) is 29.5 Å². The fourth-order valence-corrected chi connectivity index (χ4v) is 5.87. The van der Waals surface area contributed by atoms with Crippen molar-refractivity contribution in [3.63, 3.8) is 0 Å². The van der Waals surface area contributed by atoms with Gasteiger partial charge in [-0.15, -0.1) is 10.2 Å². The molecule has 0 radical (unpaired) electrons. The Morgan fingerprint density at radius 1 is 0.879 bits per heavy atom. The summed E-state index contributed by atoms with van der Waals surface area (Å²) >= 11 is 1.84. The summed E-state index contributed by atoms with van der Waals surface area (Å²) in [5, 5.41) is 8.76. The maximum atomic E-state index is 6.33. The molecule has 3 aromatic carbocycles. The van der Waals surface area contributed by atoms with E-state index in [1.165, 1.54) is 21.6 Å². The number of aromatic amines is 1. The van der Waals surface area contributed by atoms with Gasteiger partial charge in [-0.3, -0.25) is 0 Å². The van der Waals surface area contributed by atoms with E-state index in [-0.39, 0.29) is 5.60 Å². The first kappa shape index (κ1) is 20.7. The summed E-state index contributed by atoms with van der Waals surface area (Å²) in [6.07, 6.45) is 2.05. The topological polar surface area (TPSA) is 54.0 Å². The van der Waals surface area contributed by atoms with Gasteiger partial charge in [-0.1, -0.05) is 66.7 Å². The highest BCUT2D eigenvalue weighted by atomic mass is 32.2. The van der Waals surface area contributed by atoms with E-state index in [1.807, 2.05) is 42.3 Å². The highest BCUT2D eigenvalue weighted by Crippen LogP contribution is 2.45. The summed E-state index contributed by atoms with van der Waals surface area (Å²) in [4.78, 5) is 4.63. The maximum absolute atomic E-state index is 6.33. The lowest BCUT2D eigenvalue weighted by molar-refractivity contribution is -0.0679. The molecule has 6 rings (SSSR count). The molecule has 0 amide bonds. The van der Waals surface area contributed by atoms with Gasteiger partial charge in [0.15, 0.2) is 11.6 Å². The first-order valence-electron chi connectivity index (χ1n) is 11.4. The Kier molecular flexibility index (Phi) is 5.29. The van der Waals surface area contributed by atoms with Gasteiger partial charge in [0.1, 0.15) is 0 Å². The second-order valence-electron chi connectivity index (χ2n) is 8.83. The monoisotopic (exact) mass is 454 g/mol. The number of rotatable bonds is 4. The third-order valence-electron chi connectivity index (χ3n) is 6.77. The van der Waals surface area contributed by atoms with Gasteiger partial charge in [0, 0.05) is 29.1 Å². The van der Waals surface area contributed by atoms with Gasteiger partial charge in [-0.05, 0) is 54.5 Å². The van der Waals surface area contributed by atoms with Crippen molar-refractivity contribution < 1.29 is 4.74 Å². The van der Waals surface area contributed by atoms with Crippen molar-refractivity contribution >= 4 is 11.9 Å². The first-order chi connectivity index (χ1) is 16.2. The van der Waals surface area contributed by atoms with Gasteiger partial charge in [-0.2, -0.15) is 0 Å². The van der Waals surface area contributed by atoms with Gasteiger partial charge in [0.05, 0.1) is 12.2 Å². The normalized spacial score (nSPS) is 17.4. The molecule has 3 heterocycles. The smallest absolute Gasteiger partial charge is 0.161 e. The van der Waals surface area contributed by atoms with Crippen LogP contribution in [0.3, 0.4) is 0 Å². The first-order valence-corrected chi connectivity index (χ1v) is 12.2. The number of aryl methyl sites for hydroxylation is 1. The molecule has 0 aliphatic carbocycles. The number of aromatic nitrogens is 3. The second kappa shape index (κ2) is 8.45. The Bertz CT molecular complexity index is 1280. The molecule has 33 heavy (non-hydrogen) atoms. The van der Waals surface area contributed by atoms with E-state index in [1.54, 1.807) is 0 Å². The minimum absolute atomic E-state index is 0.0990. The van der Waals surface area contributed by atoms with E-state index >= 15 is 0 Å². The zero-order valence-electron chi connectivity index (χ0n) is 18.6. The van der Waals surface area contributed by atoms with Crippen molar-refractivity contribution in [1.29, 1.82) is 0 Å². The fourth-order valence-electron chi connectivity index (χ4n) is 4.84. The number of hydrogen-bond donors (Lipinski definition) is 1. The van der Waals surface area contributed by atoms with Crippen LogP contribution in [0.25, 0.3) is 22.8 Å². The van der Waals surface area contributed by atoms with E-state index in [2.05, 4.69) is 68.9 Å². The van der Waals surface area contributed by atoms with Crippen molar-refractivity contribution in [3.05, 3.63) is 89.5 Å². The summed E-state index contributed by atoms with van der Waals surface area (Å²) in [6.45, 7) is 4.92. The third-order valence-corrected chi connectivity index (χ3v) is 8.03. The van der Waals surface area contributed by atoms with Gasteiger partial charge < -0.3 is 9.72 Å².